The molecule has 0 heterocycles. The minimum atomic E-state index is -1.58. The van der Waals surface area contributed by atoms with Gasteiger partial charge in [-0.1, -0.05) is 18.2 Å². The molecule has 66 valence electrons. The summed E-state index contributed by atoms with van der Waals surface area (Å²) in [6.07, 6.45) is 0. The Labute approximate surface area is 75.8 Å². The van der Waals surface area contributed by atoms with Crippen LogP contribution in [-0.2, 0) is 0 Å². The molecular weight excluding hydrogens is 172 g/mol. The van der Waals surface area contributed by atoms with Crippen molar-refractivity contribution in [2.24, 2.45) is 11.5 Å². The molecule has 4 heteroatoms. The molecule has 0 bridgehead atoms. The van der Waals surface area contributed by atoms with Gasteiger partial charge in [-0.2, -0.15) is 0 Å². The molecule has 0 unspecified atom stereocenters. The Morgan fingerprint density at radius 2 is 1.83 bits per heavy atom. The molecule has 1 aromatic rings. The Hall–Kier alpha value is -0.550. The van der Waals surface area contributed by atoms with Crippen molar-refractivity contribution in [3.05, 3.63) is 30.3 Å². The first-order chi connectivity index (χ1) is 5.58. The van der Waals surface area contributed by atoms with E-state index in [4.69, 9.17) is 16.6 Å². The van der Waals surface area contributed by atoms with Crippen LogP contribution in [0.1, 0.15) is 0 Å². The van der Waals surface area contributed by atoms with Gasteiger partial charge in [-0.3, -0.25) is 11.5 Å². The van der Waals surface area contributed by atoms with E-state index in [-0.39, 0.29) is 5.75 Å². The first kappa shape index (κ1) is 9.54. The van der Waals surface area contributed by atoms with Crippen molar-refractivity contribution in [1.29, 1.82) is 0 Å². The molecule has 0 aliphatic carbocycles. The van der Waals surface area contributed by atoms with E-state index in [1.807, 2.05) is 30.3 Å². The number of benzene rings is 1. The second-order valence-corrected chi connectivity index (χ2v) is 3.64. The number of thioether (sulfide) groups is 1. The summed E-state index contributed by atoms with van der Waals surface area (Å²) in [6, 6.07) is 9.66. The quantitative estimate of drug-likeness (QED) is 0.468. The van der Waals surface area contributed by atoms with E-state index in [1.165, 1.54) is 11.8 Å². The lowest BCUT2D eigenvalue weighted by atomic mass is 10.4. The van der Waals surface area contributed by atoms with Crippen LogP contribution in [0, 0.1) is 0 Å². The Kier molecular flexibility index (Phi) is 3.11. The maximum atomic E-state index is 9.01. The highest BCUT2D eigenvalue weighted by atomic mass is 32.2. The first-order valence-corrected chi connectivity index (χ1v) is 4.54. The summed E-state index contributed by atoms with van der Waals surface area (Å²) < 4.78 is 0. The molecule has 0 saturated carbocycles. The second-order valence-electron chi connectivity index (χ2n) is 2.59. The summed E-state index contributed by atoms with van der Waals surface area (Å²) in [5, 5.41) is 9.01. The van der Waals surface area contributed by atoms with E-state index < -0.39 is 5.85 Å². The number of hydrogen-bond acceptors (Lipinski definition) is 4. The van der Waals surface area contributed by atoms with E-state index in [9.17, 15) is 0 Å². The molecule has 0 saturated heterocycles. The van der Waals surface area contributed by atoms with E-state index in [0.717, 1.165) is 4.90 Å². The van der Waals surface area contributed by atoms with Crippen LogP contribution >= 0.6 is 11.8 Å². The van der Waals surface area contributed by atoms with Crippen molar-refractivity contribution in [2.75, 3.05) is 5.75 Å². The zero-order chi connectivity index (χ0) is 9.03. The highest BCUT2D eigenvalue weighted by Gasteiger charge is 2.13. The molecule has 0 aliphatic heterocycles. The SMILES string of the molecule is NC(N)(O)CSc1ccccc1. The van der Waals surface area contributed by atoms with Crippen molar-refractivity contribution in [1.82, 2.24) is 0 Å². The lowest BCUT2D eigenvalue weighted by Gasteiger charge is -2.15. The van der Waals surface area contributed by atoms with E-state index in [2.05, 4.69) is 0 Å². The highest BCUT2D eigenvalue weighted by Crippen LogP contribution is 2.18. The van der Waals surface area contributed by atoms with Crippen molar-refractivity contribution >= 4 is 11.8 Å². The molecule has 0 spiro atoms. The predicted molar refractivity (Wildman–Crippen MR) is 50.5 cm³/mol. The maximum Gasteiger partial charge on any atom is 0.176 e. The van der Waals surface area contributed by atoms with Crippen LogP contribution in [0.4, 0.5) is 0 Å². The zero-order valence-corrected chi connectivity index (χ0v) is 7.42. The molecule has 0 aromatic heterocycles. The largest absolute Gasteiger partial charge is 0.363 e. The summed E-state index contributed by atoms with van der Waals surface area (Å²) in [6.45, 7) is 0. The van der Waals surface area contributed by atoms with Crippen LogP contribution in [0.3, 0.4) is 0 Å². The van der Waals surface area contributed by atoms with Crippen LogP contribution in [0.25, 0.3) is 0 Å². The fourth-order valence-corrected chi connectivity index (χ4v) is 1.46. The molecule has 0 atom stereocenters. The minimum absolute atomic E-state index is 0.289. The Bertz CT molecular complexity index is 233. The monoisotopic (exact) mass is 184 g/mol. The smallest absolute Gasteiger partial charge is 0.176 e. The van der Waals surface area contributed by atoms with Crippen molar-refractivity contribution in [3.8, 4) is 0 Å². The van der Waals surface area contributed by atoms with Gasteiger partial charge in [0.1, 0.15) is 0 Å². The van der Waals surface area contributed by atoms with Gasteiger partial charge in [-0.05, 0) is 12.1 Å². The van der Waals surface area contributed by atoms with Gasteiger partial charge >= 0.3 is 0 Å². The third-order valence-electron chi connectivity index (χ3n) is 1.21. The summed E-state index contributed by atoms with van der Waals surface area (Å²) >= 11 is 1.43. The number of hydrogen-bond donors (Lipinski definition) is 3. The molecule has 0 aliphatic rings. The normalized spacial score (nSPS) is 11.6. The summed E-state index contributed by atoms with van der Waals surface area (Å²) in [5.41, 5.74) is 10.4. The van der Waals surface area contributed by atoms with E-state index >= 15 is 0 Å². The summed E-state index contributed by atoms with van der Waals surface area (Å²) in [5.74, 6) is -1.29. The van der Waals surface area contributed by atoms with Gasteiger partial charge in [0.05, 0.1) is 5.75 Å². The van der Waals surface area contributed by atoms with Gasteiger partial charge in [0.2, 0.25) is 0 Å². The van der Waals surface area contributed by atoms with Crippen LogP contribution in [0.15, 0.2) is 35.2 Å². The van der Waals surface area contributed by atoms with Crippen molar-refractivity contribution < 1.29 is 5.11 Å². The molecule has 1 rings (SSSR count). The minimum Gasteiger partial charge on any atom is -0.363 e. The number of rotatable bonds is 3. The molecule has 1 aromatic carbocycles. The van der Waals surface area contributed by atoms with Gasteiger partial charge in [0, 0.05) is 4.90 Å². The first-order valence-electron chi connectivity index (χ1n) is 3.56. The Morgan fingerprint density at radius 3 is 2.33 bits per heavy atom. The molecule has 0 radical (unpaired) electrons. The van der Waals surface area contributed by atoms with Crippen LogP contribution in [-0.4, -0.2) is 16.7 Å². The van der Waals surface area contributed by atoms with Gasteiger partial charge in [0.25, 0.3) is 0 Å². The van der Waals surface area contributed by atoms with Gasteiger partial charge < -0.3 is 5.11 Å². The Morgan fingerprint density at radius 1 is 1.25 bits per heavy atom. The van der Waals surface area contributed by atoms with Gasteiger partial charge in [-0.25, -0.2) is 0 Å². The molecule has 5 N–H and O–H groups in total. The lowest BCUT2D eigenvalue weighted by Crippen LogP contribution is -2.51. The van der Waals surface area contributed by atoms with E-state index in [0.29, 0.717) is 0 Å². The molecule has 12 heavy (non-hydrogen) atoms. The molecule has 0 amide bonds. The predicted octanol–water partition coefficient (Wildman–Crippen LogP) is 0.342. The maximum absolute atomic E-state index is 9.01. The topological polar surface area (TPSA) is 72.3 Å². The number of nitrogens with two attached hydrogens (primary N) is 2. The van der Waals surface area contributed by atoms with Crippen molar-refractivity contribution in [2.45, 2.75) is 10.7 Å². The van der Waals surface area contributed by atoms with Crippen molar-refractivity contribution in [3.63, 3.8) is 0 Å². The van der Waals surface area contributed by atoms with Gasteiger partial charge in [0.15, 0.2) is 5.85 Å². The summed E-state index contributed by atoms with van der Waals surface area (Å²) in [4.78, 5) is 1.05. The fourth-order valence-electron chi connectivity index (χ4n) is 0.716. The molecule has 0 fully saturated rings. The van der Waals surface area contributed by atoms with E-state index in [1.54, 1.807) is 0 Å². The zero-order valence-electron chi connectivity index (χ0n) is 6.60. The standard InChI is InChI=1S/C8H12N2OS/c9-8(10,11)6-12-7-4-2-1-3-5-7/h1-5,11H,6,9-10H2. The third kappa shape index (κ3) is 3.73. The molecular formula is C8H12N2OS. The number of aliphatic hydroxyl groups is 1. The van der Waals surface area contributed by atoms with Crippen LogP contribution in [0.2, 0.25) is 0 Å². The third-order valence-corrected chi connectivity index (χ3v) is 2.43. The van der Waals surface area contributed by atoms with Crippen LogP contribution in [0.5, 0.6) is 0 Å². The van der Waals surface area contributed by atoms with Crippen LogP contribution < -0.4 is 11.5 Å². The Balaban J connectivity index is 2.44. The summed E-state index contributed by atoms with van der Waals surface area (Å²) in [7, 11) is 0. The van der Waals surface area contributed by atoms with Gasteiger partial charge in [-0.15, -0.1) is 11.8 Å². The highest BCUT2D eigenvalue weighted by molar-refractivity contribution is 7.99. The molecule has 3 nitrogen and oxygen atoms in total. The average molecular weight is 184 g/mol. The lowest BCUT2D eigenvalue weighted by molar-refractivity contribution is 0.0798. The average Bonchev–Trinajstić information content (AvgIpc) is 2.02. The second kappa shape index (κ2) is 3.91. The fraction of sp³-hybridized carbons (Fsp3) is 0.250.